The van der Waals surface area contributed by atoms with Crippen LogP contribution in [0.1, 0.15) is 11.6 Å². The molecule has 1 aromatic carbocycles. The second-order valence-electron chi connectivity index (χ2n) is 3.40. The summed E-state index contributed by atoms with van der Waals surface area (Å²) in [6, 6.07) is 8.76. The van der Waals surface area contributed by atoms with Gasteiger partial charge in [0.05, 0.1) is 0 Å². The van der Waals surface area contributed by atoms with E-state index in [4.69, 9.17) is 5.73 Å². The highest BCUT2D eigenvalue weighted by atomic mass is 32.2. The molecule has 1 atom stereocenters. The molecular formula is C12H12FNS2. The minimum atomic E-state index is -0.176. The largest absolute Gasteiger partial charge is 0.323 e. The van der Waals surface area contributed by atoms with Crippen LogP contribution >= 0.6 is 23.1 Å². The highest BCUT2D eigenvalue weighted by molar-refractivity contribution is 7.99. The van der Waals surface area contributed by atoms with Crippen LogP contribution in [-0.4, -0.2) is 5.75 Å². The van der Waals surface area contributed by atoms with Crippen LogP contribution < -0.4 is 5.73 Å². The van der Waals surface area contributed by atoms with Crippen LogP contribution in [0.5, 0.6) is 0 Å². The lowest BCUT2D eigenvalue weighted by Crippen LogP contribution is -2.11. The maximum atomic E-state index is 13.3. The molecule has 0 saturated heterocycles. The van der Waals surface area contributed by atoms with E-state index < -0.39 is 0 Å². The van der Waals surface area contributed by atoms with Crippen LogP contribution in [0.25, 0.3) is 0 Å². The second-order valence-corrected chi connectivity index (χ2v) is 5.25. The molecule has 2 N–H and O–H groups in total. The van der Waals surface area contributed by atoms with E-state index in [1.807, 2.05) is 22.9 Å². The van der Waals surface area contributed by atoms with Crippen molar-refractivity contribution in [2.75, 3.05) is 5.75 Å². The normalized spacial score (nSPS) is 12.6. The average Bonchev–Trinajstić information content (AvgIpc) is 2.81. The third kappa shape index (κ3) is 2.84. The average molecular weight is 253 g/mol. The van der Waals surface area contributed by atoms with Crippen molar-refractivity contribution in [2.24, 2.45) is 5.73 Å². The van der Waals surface area contributed by atoms with Crippen molar-refractivity contribution >= 4 is 23.1 Å². The van der Waals surface area contributed by atoms with Crippen LogP contribution in [-0.2, 0) is 0 Å². The van der Waals surface area contributed by atoms with Gasteiger partial charge in [0.2, 0.25) is 0 Å². The predicted octanol–water partition coefficient (Wildman–Crippen LogP) is 3.68. The Hall–Kier alpha value is -0.840. The van der Waals surface area contributed by atoms with Gasteiger partial charge in [-0.05, 0) is 34.5 Å². The lowest BCUT2D eigenvalue weighted by atomic mass is 10.2. The van der Waals surface area contributed by atoms with E-state index in [0.717, 1.165) is 5.56 Å². The van der Waals surface area contributed by atoms with Gasteiger partial charge in [-0.3, -0.25) is 0 Å². The number of thioether (sulfide) groups is 1. The van der Waals surface area contributed by atoms with Crippen molar-refractivity contribution in [1.82, 2.24) is 0 Å². The molecule has 0 aliphatic rings. The summed E-state index contributed by atoms with van der Waals surface area (Å²) in [7, 11) is 0. The first-order chi connectivity index (χ1) is 7.77. The fourth-order valence-electron chi connectivity index (χ4n) is 1.32. The number of benzene rings is 1. The van der Waals surface area contributed by atoms with Gasteiger partial charge in [-0.15, -0.1) is 11.8 Å². The van der Waals surface area contributed by atoms with E-state index in [-0.39, 0.29) is 11.9 Å². The van der Waals surface area contributed by atoms with E-state index in [1.54, 1.807) is 23.5 Å². The van der Waals surface area contributed by atoms with Gasteiger partial charge in [0, 0.05) is 16.7 Å². The van der Waals surface area contributed by atoms with Crippen molar-refractivity contribution in [3.8, 4) is 0 Å². The molecule has 16 heavy (non-hydrogen) atoms. The predicted molar refractivity (Wildman–Crippen MR) is 68.4 cm³/mol. The molecule has 0 aliphatic carbocycles. The van der Waals surface area contributed by atoms with Crippen molar-refractivity contribution in [1.29, 1.82) is 0 Å². The van der Waals surface area contributed by atoms with Gasteiger partial charge in [0.1, 0.15) is 5.82 Å². The molecule has 84 valence electrons. The van der Waals surface area contributed by atoms with Gasteiger partial charge in [-0.2, -0.15) is 11.3 Å². The van der Waals surface area contributed by atoms with Crippen LogP contribution in [0.2, 0.25) is 0 Å². The molecule has 0 bridgehead atoms. The third-order valence-corrected chi connectivity index (χ3v) is 4.10. The first kappa shape index (κ1) is 11.6. The van der Waals surface area contributed by atoms with E-state index in [2.05, 4.69) is 0 Å². The van der Waals surface area contributed by atoms with Gasteiger partial charge in [0.15, 0.2) is 0 Å². The highest BCUT2D eigenvalue weighted by Crippen LogP contribution is 2.26. The lowest BCUT2D eigenvalue weighted by molar-refractivity contribution is 0.602. The summed E-state index contributed by atoms with van der Waals surface area (Å²) in [6.07, 6.45) is 0. The van der Waals surface area contributed by atoms with Crippen molar-refractivity contribution in [2.45, 2.75) is 10.9 Å². The van der Waals surface area contributed by atoms with Crippen LogP contribution in [0.3, 0.4) is 0 Å². The number of hydrogen-bond donors (Lipinski definition) is 1. The monoisotopic (exact) mass is 253 g/mol. The summed E-state index contributed by atoms with van der Waals surface area (Å²) >= 11 is 3.09. The highest BCUT2D eigenvalue weighted by Gasteiger charge is 2.08. The first-order valence-corrected chi connectivity index (χ1v) is 6.85. The fourth-order valence-corrected chi connectivity index (χ4v) is 2.98. The summed E-state index contributed by atoms with van der Waals surface area (Å²) in [6.45, 7) is 0. The Kier molecular flexibility index (Phi) is 3.98. The molecule has 1 unspecified atom stereocenters. The van der Waals surface area contributed by atoms with Gasteiger partial charge in [0.25, 0.3) is 0 Å². The summed E-state index contributed by atoms with van der Waals surface area (Å²) < 4.78 is 13.3. The van der Waals surface area contributed by atoms with Gasteiger partial charge < -0.3 is 5.73 Å². The summed E-state index contributed by atoms with van der Waals surface area (Å²) in [5.41, 5.74) is 7.12. The Bertz CT molecular complexity index is 442. The molecule has 1 aromatic heterocycles. The molecule has 0 saturated carbocycles. The second kappa shape index (κ2) is 5.48. The van der Waals surface area contributed by atoms with Gasteiger partial charge in [-0.1, -0.05) is 12.1 Å². The molecule has 1 heterocycles. The smallest absolute Gasteiger partial charge is 0.136 e. The Morgan fingerprint density at radius 2 is 2.12 bits per heavy atom. The standard InChI is InChI=1S/C12H12FNS2/c13-10-3-1-2-4-12(10)16-8-11(14)9-5-6-15-7-9/h1-7,11H,8,14H2. The summed E-state index contributed by atoms with van der Waals surface area (Å²) in [5, 5.41) is 4.04. The minimum Gasteiger partial charge on any atom is -0.323 e. The topological polar surface area (TPSA) is 26.0 Å². The Labute approximate surface area is 102 Å². The van der Waals surface area contributed by atoms with Crippen molar-refractivity contribution in [3.05, 3.63) is 52.5 Å². The molecule has 0 radical (unpaired) electrons. The lowest BCUT2D eigenvalue weighted by Gasteiger charge is -2.09. The van der Waals surface area contributed by atoms with E-state index in [0.29, 0.717) is 10.6 Å². The van der Waals surface area contributed by atoms with E-state index in [1.165, 1.54) is 17.8 Å². The third-order valence-electron chi connectivity index (χ3n) is 2.23. The fraction of sp³-hybridized carbons (Fsp3) is 0.167. The Balaban J connectivity index is 1.95. The van der Waals surface area contributed by atoms with E-state index in [9.17, 15) is 4.39 Å². The van der Waals surface area contributed by atoms with Gasteiger partial charge >= 0.3 is 0 Å². The molecule has 0 aliphatic heterocycles. The molecule has 1 nitrogen and oxygen atoms in total. The zero-order chi connectivity index (χ0) is 11.4. The number of rotatable bonds is 4. The molecule has 4 heteroatoms. The number of nitrogens with two attached hydrogens (primary N) is 1. The molecular weight excluding hydrogens is 241 g/mol. The van der Waals surface area contributed by atoms with Crippen LogP contribution in [0, 0.1) is 5.82 Å². The molecule has 0 spiro atoms. The molecule has 0 amide bonds. The number of hydrogen-bond acceptors (Lipinski definition) is 3. The van der Waals surface area contributed by atoms with Crippen molar-refractivity contribution in [3.63, 3.8) is 0 Å². The van der Waals surface area contributed by atoms with Gasteiger partial charge in [-0.25, -0.2) is 4.39 Å². The zero-order valence-electron chi connectivity index (χ0n) is 8.60. The maximum absolute atomic E-state index is 13.3. The molecule has 2 aromatic rings. The quantitative estimate of drug-likeness (QED) is 0.841. The zero-order valence-corrected chi connectivity index (χ0v) is 10.2. The number of thiophene rings is 1. The van der Waals surface area contributed by atoms with Crippen LogP contribution in [0.4, 0.5) is 4.39 Å². The van der Waals surface area contributed by atoms with Crippen LogP contribution in [0.15, 0.2) is 46.0 Å². The summed E-state index contributed by atoms with van der Waals surface area (Å²) in [4.78, 5) is 0.660. The van der Waals surface area contributed by atoms with E-state index >= 15 is 0 Å². The number of halogens is 1. The molecule has 0 fully saturated rings. The SMILES string of the molecule is NC(CSc1ccccc1F)c1ccsc1. The first-order valence-electron chi connectivity index (χ1n) is 4.92. The Morgan fingerprint density at radius 3 is 2.81 bits per heavy atom. The molecule has 2 rings (SSSR count). The summed E-state index contributed by atoms with van der Waals surface area (Å²) in [5.74, 6) is 0.516. The maximum Gasteiger partial charge on any atom is 0.136 e. The Morgan fingerprint density at radius 1 is 1.31 bits per heavy atom. The minimum absolute atomic E-state index is 0.0316. The van der Waals surface area contributed by atoms with Crippen molar-refractivity contribution < 1.29 is 4.39 Å².